The lowest BCUT2D eigenvalue weighted by atomic mass is 10.1. The van der Waals surface area contributed by atoms with E-state index in [-0.39, 0.29) is 22.6 Å². The first-order valence-electron chi connectivity index (χ1n) is 5.57. The molecule has 96 valence electrons. The first-order chi connectivity index (χ1) is 9.08. The summed E-state index contributed by atoms with van der Waals surface area (Å²) in [6, 6.07) is 11.3. The van der Waals surface area contributed by atoms with E-state index in [1.807, 2.05) is 0 Å². The van der Waals surface area contributed by atoms with Crippen molar-refractivity contribution in [1.82, 2.24) is 0 Å². The van der Waals surface area contributed by atoms with Crippen molar-refractivity contribution in [3.63, 3.8) is 0 Å². The molecule has 0 fully saturated rings. The number of carbonyl (C=O) groups is 1. The molecule has 0 saturated heterocycles. The molecular formula is C15H11FO3. The Morgan fingerprint density at radius 1 is 1.11 bits per heavy atom. The zero-order valence-corrected chi connectivity index (χ0v) is 9.88. The number of para-hydroxylation sites is 1. The maximum Gasteiger partial charge on any atom is 0.193 e. The summed E-state index contributed by atoms with van der Waals surface area (Å²) in [4.78, 5) is 11.8. The van der Waals surface area contributed by atoms with Crippen molar-refractivity contribution in [2.24, 2.45) is 0 Å². The molecule has 4 heteroatoms. The van der Waals surface area contributed by atoms with Crippen LogP contribution in [0, 0.1) is 5.82 Å². The number of phenolic OH excluding ortho intramolecular Hbond substituents is 1. The van der Waals surface area contributed by atoms with Crippen LogP contribution in [0.1, 0.15) is 15.9 Å². The van der Waals surface area contributed by atoms with E-state index in [0.29, 0.717) is 0 Å². The fourth-order valence-corrected chi connectivity index (χ4v) is 1.62. The zero-order chi connectivity index (χ0) is 13.8. The van der Waals surface area contributed by atoms with Crippen molar-refractivity contribution >= 4 is 11.5 Å². The summed E-state index contributed by atoms with van der Waals surface area (Å²) < 4.78 is 13.0. The summed E-state index contributed by atoms with van der Waals surface area (Å²) in [6.45, 7) is 0. The van der Waals surface area contributed by atoms with Crippen LogP contribution >= 0.6 is 0 Å². The van der Waals surface area contributed by atoms with Crippen molar-refractivity contribution in [3.8, 4) is 5.75 Å². The van der Waals surface area contributed by atoms with Gasteiger partial charge in [-0.1, -0.05) is 24.3 Å². The monoisotopic (exact) mass is 258 g/mol. The Balaban J connectivity index is 2.31. The number of hydrogen-bond acceptors (Lipinski definition) is 3. The lowest BCUT2D eigenvalue weighted by molar-refractivity contribution is 0.104. The normalized spacial score (nSPS) is 11.3. The molecule has 0 spiro atoms. The maximum atomic E-state index is 13.0. The number of carbonyl (C=O) groups excluding carboxylic acids is 1. The molecule has 0 heterocycles. The number of phenols is 1. The Labute approximate surface area is 109 Å². The third-order valence-corrected chi connectivity index (χ3v) is 2.56. The molecular weight excluding hydrogens is 247 g/mol. The molecule has 0 aliphatic rings. The molecule has 0 amide bonds. The SMILES string of the molecule is O=C(C=C(O)c1cccc(F)c1)c1ccccc1O. The van der Waals surface area contributed by atoms with Gasteiger partial charge in [0.25, 0.3) is 0 Å². The number of aliphatic hydroxyl groups is 1. The molecule has 3 nitrogen and oxygen atoms in total. The van der Waals surface area contributed by atoms with Crippen LogP contribution in [-0.4, -0.2) is 16.0 Å². The molecule has 0 bridgehead atoms. The molecule has 0 aromatic heterocycles. The second-order valence-corrected chi connectivity index (χ2v) is 3.92. The molecule has 0 aliphatic carbocycles. The van der Waals surface area contributed by atoms with Gasteiger partial charge in [-0.05, 0) is 24.3 Å². The molecule has 19 heavy (non-hydrogen) atoms. The number of ketones is 1. The van der Waals surface area contributed by atoms with Crippen LogP contribution in [0.4, 0.5) is 4.39 Å². The summed E-state index contributed by atoms with van der Waals surface area (Å²) in [5.41, 5.74) is 0.272. The van der Waals surface area contributed by atoms with Crippen molar-refractivity contribution in [3.05, 3.63) is 71.6 Å². The van der Waals surface area contributed by atoms with Crippen molar-refractivity contribution in [2.45, 2.75) is 0 Å². The quantitative estimate of drug-likeness (QED) is 0.504. The standard InChI is InChI=1S/C15H11FO3/c16-11-5-3-4-10(8-11)14(18)9-15(19)12-6-1-2-7-13(12)17/h1-9,17-18H. The molecule has 0 aliphatic heterocycles. The van der Waals surface area contributed by atoms with Gasteiger partial charge < -0.3 is 10.2 Å². The molecule has 0 atom stereocenters. The Bertz CT molecular complexity index is 647. The Kier molecular flexibility index (Phi) is 3.61. The molecule has 2 rings (SSSR count). The number of allylic oxidation sites excluding steroid dienone is 1. The Morgan fingerprint density at radius 3 is 2.53 bits per heavy atom. The predicted octanol–water partition coefficient (Wildman–Crippen LogP) is 3.31. The highest BCUT2D eigenvalue weighted by Crippen LogP contribution is 2.19. The highest BCUT2D eigenvalue weighted by atomic mass is 19.1. The van der Waals surface area contributed by atoms with Crippen molar-refractivity contribution in [1.29, 1.82) is 0 Å². The molecule has 0 radical (unpaired) electrons. The van der Waals surface area contributed by atoms with Crippen LogP contribution < -0.4 is 0 Å². The van der Waals surface area contributed by atoms with E-state index in [0.717, 1.165) is 12.1 Å². The van der Waals surface area contributed by atoms with Gasteiger partial charge in [0.2, 0.25) is 0 Å². The number of halogens is 1. The number of aromatic hydroxyl groups is 1. The van der Waals surface area contributed by atoms with Gasteiger partial charge >= 0.3 is 0 Å². The summed E-state index contributed by atoms with van der Waals surface area (Å²) >= 11 is 0. The van der Waals surface area contributed by atoms with Crippen molar-refractivity contribution < 1.29 is 19.4 Å². The summed E-state index contributed by atoms with van der Waals surface area (Å²) in [5, 5.41) is 19.3. The maximum absolute atomic E-state index is 13.0. The molecule has 2 aromatic rings. The minimum Gasteiger partial charge on any atom is -0.507 e. The van der Waals surface area contributed by atoms with Crippen LogP contribution in [0.5, 0.6) is 5.75 Å². The predicted molar refractivity (Wildman–Crippen MR) is 69.4 cm³/mol. The number of rotatable bonds is 3. The van der Waals surface area contributed by atoms with Crippen LogP contribution in [0.2, 0.25) is 0 Å². The highest BCUT2D eigenvalue weighted by Gasteiger charge is 2.10. The van der Waals surface area contributed by atoms with E-state index < -0.39 is 11.6 Å². The largest absolute Gasteiger partial charge is 0.507 e. The van der Waals surface area contributed by atoms with E-state index in [9.17, 15) is 19.4 Å². The topological polar surface area (TPSA) is 57.5 Å². The smallest absolute Gasteiger partial charge is 0.193 e. The van der Waals surface area contributed by atoms with E-state index in [1.165, 1.54) is 30.3 Å². The van der Waals surface area contributed by atoms with Gasteiger partial charge in [-0.15, -0.1) is 0 Å². The molecule has 2 N–H and O–H groups in total. The summed E-state index contributed by atoms with van der Waals surface area (Å²) in [5.74, 6) is -1.59. The van der Waals surface area contributed by atoms with Crippen LogP contribution in [-0.2, 0) is 0 Å². The van der Waals surface area contributed by atoms with Crippen LogP contribution in [0.25, 0.3) is 5.76 Å². The lowest BCUT2D eigenvalue weighted by Crippen LogP contribution is -1.97. The van der Waals surface area contributed by atoms with Gasteiger partial charge in [0.1, 0.15) is 17.3 Å². The molecule has 0 saturated carbocycles. The van der Waals surface area contributed by atoms with Gasteiger partial charge in [0.05, 0.1) is 5.56 Å². The van der Waals surface area contributed by atoms with E-state index in [1.54, 1.807) is 12.1 Å². The molecule has 2 aromatic carbocycles. The van der Waals surface area contributed by atoms with Crippen LogP contribution in [0.15, 0.2) is 54.6 Å². The third-order valence-electron chi connectivity index (χ3n) is 2.56. The summed E-state index contributed by atoms with van der Waals surface area (Å²) in [6.07, 6.45) is 0.948. The van der Waals surface area contributed by atoms with E-state index in [4.69, 9.17) is 0 Å². The summed E-state index contributed by atoms with van der Waals surface area (Å²) in [7, 11) is 0. The average Bonchev–Trinajstić information content (AvgIpc) is 2.39. The van der Waals surface area contributed by atoms with Gasteiger partial charge in [-0.25, -0.2) is 4.39 Å². The minimum absolute atomic E-state index is 0.0745. The van der Waals surface area contributed by atoms with Crippen LogP contribution in [0.3, 0.4) is 0 Å². The van der Waals surface area contributed by atoms with Gasteiger partial charge in [-0.3, -0.25) is 4.79 Å². The number of hydrogen-bond donors (Lipinski definition) is 2. The Morgan fingerprint density at radius 2 is 1.84 bits per heavy atom. The fraction of sp³-hybridized carbons (Fsp3) is 0. The lowest BCUT2D eigenvalue weighted by Gasteiger charge is -2.02. The fourth-order valence-electron chi connectivity index (χ4n) is 1.62. The number of benzene rings is 2. The second kappa shape index (κ2) is 5.35. The van der Waals surface area contributed by atoms with Crippen molar-refractivity contribution in [2.75, 3.05) is 0 Å². The Hall–Kier alpha value is -2.62. The third kappa shape index (κ3) is 2.98. The van der Waals surface area contributed by atoms with Gasteiger partial charge in [0.15, 0.2) is 5.78 Å². The average molecular weight is 258 g/mol. The first-order valence-corrected chi connectivity index (χ1v) is 5.57. The molecule has 0 unspecified atom stereocenters. The van der Waals surface area contributed by atoms with E-state index >= 15 is 0 Å². The minimum atomic E-state index is -0.556. The van der Waals surface area contributed by atoms with Gasteiger partial charge in [-0.2, -0.15) is 0 Å². The second-order valence-electron chi connectivity index (χ2n) is 3.92. The zero-order valence-electron chi connectivity index (χ0n) is 9.88. The highest BCUT2D eigenvalue weighted by molar-refractivity contribution is 6.09. The first kappa shape index (κ1) is 12.8. The van der Waals surface area contributed by atoms with E-state index in [2.05, 4.69) is 0 Å². The van der Waals surface area contributed by atoms with Gasteiger partial charge in [0, 0.05) is 11.6 Å². The number of aliphatic hydroxyl groups excluding tert-OH is 1.